The van der Waals surface area contributed by atoms with Crippen molar-refractivity contribution in [1.29, 1.82) is 0 Å². The van der Waals surface area contributed by atoms with E-state index in [1.54, 1.807) is 0 Å². The summed E-state index contributed by atoms with van der Waals surface area (Å²) in [5.41, 5.74) is 25.8. The van der Waals surface area contributed by atoms with Crippen molar-refractivity contribution < 1.29 is 9.47 Å². The highest BCUT2D eigenvalue weighted by Gasteiger charge is 2.51. The quantitative estimate of drug-likeness (QED) is 0.126. The van der Waals surface area contributed by atoms with Gasteiger partial charge in [0.05, 0.1) is 22.7 Å². The Morgan fingerprint density at radius 1 is 0.255 bits per heavy atom. The molecule has 5 heterocycles. The van der Waals surface area contributed by atoms with Crippen LogP contribution in [-0.2, 0) is 0 Å². The molecular weight excluding hydrogens is 1140 g/mol. The molecule has 94 heavy (non-hydrogen) atoms. The Labute approximate surface area is 547 Å². The number of anilines is 15. The van der Waals surface area contributed by atoms with E-state index in [-0.39, 0.29) is 19.3 Å². The summed E-state index contributed by atoms with van der Waals surface area (Å²) < 4.78 is 16.5. The van der Waals surface area contributed by atoms with E-state index in [1.165, 1.54) is 10.9 Å². The smallest absolute Gasteiger partial charge is 0.256 e. The summed E-state index contributed by atoms with van der Waals surface area (Å²) >= 11 is 0. The van der Waals surface area contributed by atoms with Crippen LogP contribution in [0.4, 0.5) is 85.3 Å². The van der Waals surface area contributed by atoms with Gasteiger partial charge in [-0.05, 0) is 165 Å². The van der Waals surface area contributed by atoms with E-state index < -0.39 is 0 Å². The molecular formula is C85H57B2N5O2. The molecule has 0 bridgehead atoms. The van der Waals surface area contributed by atoms with Crippen molar-refractivity contribution >= 4 is 132 Å². The molecule has 0 saturated carbocycles. The summed E-state index contributed by atoms with van der Waals surface area (Å²) in [6, 6.07) is 123. The van der Waals surface area contributed by atoms with Gasteiger partial charge < -0.3 is 34.0 Å². The Bertz CT molecular complexity index is 4880. The van der Waals surface area contributed by atoms with Crippen LogP contribution in [0.3, 0.4) is 0 Å². The topological polar surface area (TPSA) is 34.7 Å². The molecule has 440 valence electrons. The molecule has 14 aromatic rings. The largest absolute Gasteiger partial charge is 0.458 e. The third-order valence-corrected chi connectivity index (χ3v) is 19.5. The third-order valence-electron chi connectivity index (χ3n) is 19.5. The van der Waals surface area contributed by atoms with Gasteiger partial charge in [-0.3, -0.25) is 0 Å². The van der Waals surface area contributed by atoms with Crippen molar-refractivity contribution in [3.63, 3.8) is 0 Å². The number of hydrogen-bond acceptors (Lipinski definition) is 7. The first kappa shape index (κ1) is 53.6. The molecule has 9 heteroatoms. The highest BCUT2D eigenvalue weighted by Crippen LogP contribution is 2.58. The predicted octanol–water partition coefficient (Wildman–Crippen LogP) is 18.4. The van der Waals surface area contributed by atoms with E-state index in [1.807, 2.05) is 0 Å². The van der Waals surface area contributed by atoms with Gasteiger partial charge in [0.1, 0.15) is 23.0 Å². The molecule has 0 fully saturated rings. The van der Waals surface area contributed by atoms with E-state index in [0.717, 1.165) is 147 Å². The maximum atomic E-state index is 8.23. The lowest BCUT2D eigenvalue weighted by molar-refractivity contribution is 0.453. The number of fused-ring (bicyclic) bond motifs is 10. The fourth-order valence-electron chi connectivity index (χ4n) is 15.8. The van der Waals surface area contributed by atoms with Gasteiger partial charge in [0.25, 0.3) is 13.4 Å². The Kier molecular flexibility index (Phi) is 12.4. The third kappa shape index (κ3) is 8.34. The average Bonchev–Trinajstić information content (AvgIpc) is 0.686. The molecule has 0 aromatic heterocycles. The Morgan fingerprint density at radius 2 is 0.553 bits per heavy atom. The molecule has 0 unspecified atom stereocenters. The molecule has 0 spiro atoms. The maximum Gasteiger partial charge on any atom is 0.256 e. The van der Waals surface area contributed by atoms with Crippen LogP contribution in [0.2, 0.25) is 0 Å². The van der Waals surface area contributed by atoms with Gasteiger partial charge in [0, 0.05) is 86.2 Å². The zero-order valence-corrected chi connectivity index (χ0v) is 51.1. The molecule has 7 nitrogen and oxygen atoms in total. The number of benzene rings is 14. The van der Waals surface area contributed by atoms with Gasteiger partial charge in [-0.2, -0.15) is 0 Å². The van der Waals surface area contributed by atoms with Crippen LogP contribution >= 0.6 is 0 Å². The van der Waals surface area contributed by atoms with Crippen molar-refractivity contribution in [1.82, 2.24) is 0 Å². The summed E-state index contributed by atoms with van der Waals surface area (Å²) in [6.45, 7) is -0.569. The minimum atomic E-state index is -0.390. The van der Waals surface area contributed by atoms with Gasteiger partial charge in [-0.15, -0.1) is 0 Å². The van der Waals surface area contributed by atoms with E-state index in [9.17, 15) is 0 Å². The molecule has 5 aliphatic heterocycles. The molecule has 19 rings (SSSR count). The second-order valence-corrected chi connectivity index (χ2v) is 24.6. The molecule has 0 amide bonds. The fourth-order valence-corrected chi connectivity index (χ4v) is 15.8. The highest BCUT2D eigenvalue weighted by atomic mass is 16.5. The number of ether oxygens (including phenoxy) is 2. The fraction of sp³-hybridized carbons (Fsp3) is 0.0118. The van der Waals surface area contributed by atoms with Crippen molar-refractivity contribution in [3.8, 4) is 23.0 Å². The SMILES string of the molecule is c1ccc(N(c2ccccc2)c2cc3c4c(c2)N(c2ccccc2)c2ccccc2B4c2cc4c(c(C5c6ccccc6N(c6ccccc6)c6ccccc65)c2O3)Oc2cc(N(c3ccccc3)c3ccccc3)cc3c2B4c2ccccc2N3c2ccccc2)cc1. The van der Waals surface area contributed by atoms with Crippen LogP contribution in [-0.4, -0.2) is 13.4 Å². The summed E-state index contributed by atoms with van der Waals surface area (Å²) in [5.74, 6) is 2.76. The van der Waals surface area contributed by atoms with E-state index in [0.29, 0.717) is 0 Å². The van der Waals surface area contributed by atoms with Crippen molar-refractivity contribution in [2.24, 2.45) is 0 Å². The second kappa shape index (κ2) is 21.8. The molecule has 0 saturated heterocycles. The Balaban J connectivity index is 0.941. The molecule has 0 aliphatic carbocycles. The van der Waals surface area contributed by atoms with Crippen molar-refractivity contribution in [2.75, 3.05) is 24.5 Å². The summed E-state index contributed by atoms with van der Waals surface area (Å²) in [7, 11) is 0. The Hall–Kier alpha value is -12.2. The van der Waals surface area contributed by atoms with Gasteiger partial charge in [0.2, 0.25) is 0 Å². The minimum absolute atomic E-state index is 0.284. The van der Waals surface area contributed by atoms with E-state index in [2.05, 4.69) is 364 Å². The minimum Gasteiger partial charge on any atom is -0.458 e. The number of para-hydroxylation sites is 11. The second-order valence-electron chi connectivity index (χ2n) is 24.6. The first-order valence-corrected chi connectivity index (χ1v) is 32.3. The van der Waals surface area contributed by atoms with Crippen molar-refractivity contribution in [2.45, 2.75) is 5.92 Å². The van der Waals surface area contributed by atoms with Gasteiger partial charge in [-0.25, -0.2) is 0 Å². The molecule has 14 aromatic carbocycles. The summed E-state index contributed by atoms with van der Waals surface area (Å²) in [5, 5.41) is 0. The summed E-state index contributed by atoms with van der Waals surface area (Å²) in [4.78, 5) is 12.1. The van der Waals surface area contributed by atoms with Crippen LogP contribution in [0.5, 0.6) is 23.0 Å². The predicted molar refractivity (Wildman–Crippen MR) is 390 cm³/mol. The van der Waals surface area contributed by atoms with Crippen LogP contribution in [0, 0.1) is 0 Å². The van der Waals surface area contributed by atoms with Crippen LogP contribution in [0.1, 0.15) is 22.6 Å². The zero-order valence-electron chi connectivity index (χ0n) is 51.1. The number of nitrogens with zero attached hydrogens (tertiary/aromatic N) is 5. The standard InChI is InChI=1S/C85H57B2N5O2/c1-8-30-57(31-9-1)88(58-32-10-2-11-33-58)64-52-76-82-78(54-64)93-84-70(86(82)68-46-24-28-50-74(68)91(76)62-40-18-6-19-41-62)56-71-85(81(84)80-66-44-22-26-48-72(66)90(61-38-16-5-17-39-61)73-49-27-23-45-67(73)80)94-79-55-65(89(59-34-12-3-13-35-59)60-36-14-4-15-37-60)53-77-83(79)87(71)69-47-25-29-51-75(69)92(77)63-42-20-7-21-43-63/h1-56,80H. The lowest BCUT2D eigenvalue weighted by Gasteiger charge is -2.45. The summed E-state index contributed by atoms with van der Waals surface area (Å²) in [6.07, 6.45) is 0. The lowest BCUT2D eigenvalue weighted by atomic mass is 9.30. The molecule has 5 aliphatic rings. The van der Waals surface area contributed by atoms with Crippen molar-refractivity contribution in [3.05, 3.63) is 356 Å². The molecule has 0 radical (unpaired) electrons. The van der Waals surface area contributed by atoms with Gasteiger partial charge in [-0.1, -0.05) is 206 Å². The van der Waals surface area contributed by atoms with Crippen LogP contribution in [0.15, 0.2) is 340 Å². The lowest BCUT2D eigenvalue weighted by Crippen LogP contribution is -2.63. The average molecular weight is 1200 g/mol. The number of rotatable bonds is 10. The Morgan fingerprint density at radius 3 is 0.915 bits per heavy atom. The van der Waals surface area contributed by atoms with Crippen LogP contribution < -0.4 is 66.8 Å². The number of hydrogen-bond donors (Lipinski definition) is 0. The molecule has 0 atom stereocenters. The first-order chi connectivity index (χ1) is 46.7. The van der Waals surface area contributed by atoms with Gasteiger partial charge in [0.15, 0.2) is 0 Å². The zero-order chi connectivity index (χ0) is 61.8. The monoisotopic (exact) mass is 1200 g/mol. The maximum absolute atomic E-state index is 8.23. The van der Waals surface area contributed by atoms with E-state index in [4.69, 9.17) is 9.47 Å². The first-order valence-electron chi connectivity index (χ1n) is 32.3. The highest BCUT2D eigenvalue weighted by molar-refractivity contribution is 7.02. The normalized spacial score (nSPS) is 13.3. The molecule has 0 N–H and O–H groups in total. The van der Waals surface area contributed by atoms with Crippen LogP contribution in [0.25, 0.3) is 0 Å². The van der Waals surface area contributed by atoms with Gasteiger partial charge >= 0.3 is 0 Å². The van der Waals surface area contributed by atoms with E-state index >= 15 is 0 Å².